The van der Waals surface area contributed by atoms with Crippen LogP contribution in [-0.4, -0.2) is 14.7 Å². The Hall–Kier alpha value is -3.96. The molecule has 0 fully saturated rings. The largest absolute Gasteiger partial charge is 0.477 e. The van der Waals surface area contributed by atoms with Crippen molar-refractivity contribution < 1.29 is 9.67 Å². The zero-order valence-electron chi connectivity index (χ0n) is 16.3. The van der Waals surface area contributed by atoms with Crippen LogP contribution >= 0.6 is 11.6 Å². The van der Waals surface area contributed by atoms with Crippen LogP contribution in [0.3, 0.4) is 0 Å². The number of aromatic nitrogens is 3. The van der Waals surface area contributed by atoms with E-state index in [2.05, 4.69) is 5.10 Å². The van der Waals surface area contributed by atoms with Gasteiger partial charge in [-0.05, 0) is 35.9 Å². The van der Waals surface area contributed by atoms with Crippen LogP contribution in [0.15, 0.2) is 102 Å². The van der Waals surface area contributed by atoms with Crippen LogP contribution in [0, 0.1) is 0 Å². The normalized spacial score (nSPS) is 11.0. The number of aromatic hydroxyl groups is 1. The van der Waals surface area contributed by atoms with Crippen molar-refractivity contribution in [3.8, 4) is 34.0 Å². The smallest absolute Gasteiger partial charge is 0.375 e. The van der Waals surface area contributed by atoms with E-state index < -0.39 is 5.56 Å². The number of rotatable bonds is 3. The highest BCUT2D eigenvalue weighted by molar-refractivity contribution is 6.30. The standard InChI is InChI=1S/C25H16ClN3O2/c26-19-11-13-20(14-12-19)28-22-16-15-21(17-7-3-1-4-8-17)27-29(22)25(31)23(24(28)30)18-9-5-2-6-10-18/h1-16H/p+1. The first-order chi connectivity index (χ1) is 15.1. The summed E-state index contributed by atoms with van der Waals surface area (Å²) in [5.41, 5.74) is 3.02. The van der Waals surface area contributed by atoms with Crippen LogP contribution in [0.1, 0.15) is 0 Å². The fraction of sp³-hybridized carbons (Fsp3) is 0. The first-order valence-corrected chi connectivity index (χ1v) is 10.1. The quantitative estimate of drug-likeness (QED) is 0.427. The van der Waals surface area contributed by atoms with Crippen LogP contribution < -0.4 is 10.1 Å². The monoisotopic (exact) mass is 426 g/mol. The molecule has 5 rings (SSSR count). The van der Waals surface area contributed by atoms with Crippen molar-refractivity contribution in [1.29, 1.82) is 0 Å². The average molecular weight is 427 g/mol. The molecule has 150 valence electrons. The Morgan fingerprint density at radius 3 is 2.03 bits per heavy atom. The molecule has 0 spiro atoms. The molecular weight excluding hydrogens is 410 g/mol. The lowest BCUT2D eigenvalue weighted by Gasteiger charge is -2.10. The number of hydrogen-bond donors (Lipinski definition) is 1. The number of halogens is 1. The highest BCUT2D eigenvalue weighted by Gasteiger charge is 2.27. The van der Waals surface area contributed by atoms with E-state index in [4.69, 9.17) is 11.6 Å². The van der Waals surface area contributed by atoms with Crippen LogP contribution in [0.2, 0.25) is 5.02 Å². The first kappa shape index (κ1) is 19.0. The molecule has 0 radical (unpaired) electrons. The molecule has 6 heteroatoms. The van der Waals surface area contributed by atoms with Crippen LogP contribution in [0.25, 0.3) is 33.7 Å². The topological polar surface area (TPSA) is 58.5 Å². The minimum atomic E-state index is -0.401. The Bertz CT molecular complexity index is 1450. The van der Waals surface area contributed by atoms with Gasteiger partial charge in [-0.25, -0.2) is 4.79 Å². The lowest BCUT2D eigenvalue weighted by Crippen LogP contribution is -2.39. The summed E-state index contributed by atoms with van der Waals surface area (Å²) in [4.78, 5) is 13.5. The molecule has 3 aromatic carbocycles. The molecule has 5 aromatic rings. The lowest BCUT2D eigenvalue weighted by atomic mass is 10.1. The van der Waals surface area contributed by atoms with Crippen molar-refractivity contribution in [3.63, 3.8) is 0 Å². The Balaban J connectivity index is 1.88. The minimum Gasteiger partial charge on any atom is -0.477 e. The molecule has 0 saturated heterocycles. The number of hydrogen-bond acceptors (Lipinski definition) is 3. The highest BCUT2D eigenvalue weighted by atomic mass is 35.5. The van der Waals surface area contributed by atoms with Gasteiger partial charge in [0, 0.05) is 16.7 Å². The average Bonchev–Trinajstić information content (AvgIpc) is 2.81. The maximum atomic E-state index is 13.5. The second-order valence-corrected chi connectivity index (χ2v) is 7.47. The Kier molecular flexibility index (Phi) is 4.73. The number of nitrogens with zero attached hydrogens (tertiary/aromatic N) is 3. The van der Waals surface area contributed by atoms with Gasteiger partial charge in [0.2, 0.25) is 0 Å². The SMILES string of the molecule is O=c1c(-c2ccccc2)c(O)[n+](-c2ccc(Cl)cc2)c2ccc(-c3ccccc3)nn12. The Morgan fingerprint density at radius 2 is 1.39 bits per heavy atom. The van der Waals surface area contributed by atoms with E-state index >= 15 is 0 Å². The molecule has 0 aliphatic heterocycles. The Labute approximate surface area is 183 Å². The molecular formula is C25H17ClN3O2+. The molecule has 0 bridgehead atoms. The zero-order chi connectivity index (χ0) is 21.4. The molecule has 31 heavy (non-hydrogen) atoms. The third-order valence-corrected chi connectivity index (χ3v) is 5.35. The summed E-state index contributed by atoms with van der Waals surface area (Å²) in [6.45, 7) is 0. The van der Waals surface area contributed by atoms with Gasteiger partial charge in [-0.15, -0.1) is 0 Å². The van der Waals surface area contributed by atoms with E-state index in [0.717, 1.165) is 5.56 Å². The zero-order valence-corrected chi connectivity index (χ0v) is 17.1. The van der Waals surface area contributed by atoms with Gasteiger partial charge in [-0.3, -0.25) is 0 Å². The van der Waals surface area contributed by atoms with E-state index in [9.17, 15) is 9.90 Å². The van der Waals surface area contributed by atoms with E-state index in [1.165, 1.54) is 4.52 Å². The summed E-state index contributed by atoms with van der Waals surface area (Å²) in [5, 5.41) is 16.4. The van der Waals surface area contributed by atoms with Gasteiger partial charge in [0.05, 0.1) is 0 Å². The van der Waals surface area contributed by atoms with Crippen molar-refractivity contribution >= 4 is 17.2 Å². The molecule has 0 atom stereocenters. The molecule has 0 saturated carbocycles. The Morgan fingerprint density at radius 1 is 0.774 bits per heavy atom. The predicted molar refractivity (Wildman–Crippen MR) is 121 cm³/mol. The number of benzene rings is 3. The molecule has 0 aliphatic carbocycles. The predicted octanol–water partition coefficient (Wildman–Crippen LogP) is 4.66. The molecule has 5 nitrogen and oxygen atoms in total. The summed E-state index contributed by atoms with van der Waals surface area (Å²) in [5.74, 6) is -0.159. The third-order valence-electron chi connectivity index (χ3n) is 5.10. The summed E-state index contributed by atoms with van der Waals surface area (Å²) in [6.07, 6.45) is 0. The molecule has 2 heterocycles. The van der Waals surface area contributed by atoms with Crippen molar-refractivity contribution in [2.75, 3.05) is 0 Å². The number of fused-ring (bicyclic) bond motifs is 1. The van der Waals surface area contributed by atoms with Gasteiger partial charge in [0.15, 0.2) is 5.56 Å². The summed E-state index contributed by atoms with van der Waals surface area (Å²) in [7, 11) is 0. The second kappa shape index (κ2) is 7.70. The van der Waals surface area contributed by atoms with Crippen molar-refractivity contribution in [1.82, 2.24) is 9.61 Å². The van der Waals surface area contributed by atoms with Gasteiger partial charge in [0.25, 0.3) is 0 Å². The molecule has 0 amide bonds. The maximum absolute atomic E-state index is 13.5. The van der Waals surface area contributed by atoms with Crippen molar-refractivity contribution in [2.24, 2.45) is 0 Å². The molecule has 1 N–H and O–H groups in total. The van der Waals surface area contributed by atoms with Gasteiger partial charge in [0.1, 0.15) is 11.4 Å². The summed E-state index contributed by atoms with van der Waals surface area (Å²) >= 11 is 6.06. The van der Waals surface area contributed by atoms with Gasteiger partial charge < -0.3 is 5.11 Å². The molecule has 0 unspecified atom stereocenters. The first-order valence-electron chi connectivity index (χ1n) is 9.71. The van der Waals surface area contributed by atoms with Crippen molar-refractivity contribution in [3.05, 3.63) is 112 Å². The molecule has 0 aliphatic rings. The van der Waals surface area contributed by atoms with E-state index in [-0.39, 0.29) is 11.4 Å². The van der Waals surface area contributed by atoms with Crippen LogP contribution in [0.4, 0.5) is 0 Å². The lowest BCUT2D eigenvalue weighted by molar-refractivity contribution is -0.580. The van der Waals surface area contributed by atoms with E-state index in [1.54, 1.807) is 47.0 Å². The van der Waals surface area contributed by atoms with Gasteiger partial charge >= 0.3 is 17.1 Å². The van der Waals surface area contributed by atoms with Crippen LogP contribution in [-0.2, 0) is 0 Å². The van der Waals surface area contributed by atoms with Gasteiger partial charge in [-0.1, -0.05) is 81.9 Å². The van der Waals surface area contributed by atoms with Crippen LogP contribution in [0.5, 0.6) is 5.88 Å². The second-order valence-electron chi connectivity index (χ2n) is 7.04. The maximum Gasteiger partial charge on any atom is 0.375 e. The minimum absolute atomic E-state index is 0.159. The summed E-state index contributed by atoms with van der Waals surface area (Å²) < 4.78 is 2.93. The highest BCUT2D eigenvalue weighted by Crippen LogP contribution is 2.25. The van der Waals surface area contributed by atoms with E-state index in [0.29, 0.717) is 27.6 Å². The third kappa shape index (κ3) is 3.35. The molecule has 2 aromatic heterocycles. The summed E-state index contributed by atoms with van der Waals surface area (Å²) in [6, 6.07) is 29.4. The van der Waals surface area contributed by atoms with Gasteiger partial charge in [-0.2, -0.15) is 4.57 Å². The van der Waals surface area contributed by atoms with E-state index in [1.807, 2.05) is 54.6 Å². The fourth-order valence-corrected chi connectivity index (χ4v) is 3.75. The van der Waals surface area contributed by atoms with Crippen molar-refractivity contribution in [2.45, 2.75) is 0 Å². The fourth-order valence-electron chi connectivity index (χ4n) is 3.62.